The number of amides is 1. The summed E-state index contributed by atoms with van der Waals surface area (Å²) in [7, 11) is 1.58. The van der Waals surface area contributed by atoms with Crippen molar-refractivity contribution in [1.29, 1.82) is 0 Å². The van der Waals surface area contributed by atoms with E-state index in [1.165, 1.54) is 0 Å². The van der Waals surface area contributed by atoms with Crippen LogP contribution >= 0.6 is 0 Å². The van der Waals surface area contributed by atoms with E-state index in [1.54, 1.807) is 26.2 Å². The van der Waals surface area contributed by atoms with Crippen molar-refractivity contribution in [3.63, 3.8) is 0 Å². The van der Waals surface area contributed by atoms with Crippen LogP contribution < -0.4 is 15.2 Å². The van der Waals surface area contributed by atoms with Gasteiger partial charge in [-0.15, -0.1) is 0 Å². The second-order valence-electron chi connectivity index (χ2n) is 3.47. The monoisotopic (exact) mass is 223 g/mol. The molecule has 0 aliphatic heterocycles. The van der Waals surface area contributed by atoms with Gasteiger partial charge < -0.3 is 15.2 Å². The van der Waals surface area contributed by atoms with Crippen LogP contribution in [0.2, 0.25) is 0 Å². The van der Waals surface area contributed by atoms with Crippen LogP contribution in [0.1, 0.15) is 25.3 Å². The highest BCUT2D eigenvalue weighted by Crippen LogP contribution is 2.30. The molecular weight excluding hydrogens is 206 g/mol. The zero-order valence-electron chi connectivity index (χ0n) is 9.82. The first kappa shape index (κ1) is 12.4. The fraction of sp³-hybridized carbons (Fsp3) is 0.417. The summed E-state index contributed by atoms with van der Waals surface area (Å²) >= 11 is 0. The number of nitrogens with two attached hydrogens (primary N) is 1. The standard InChI is InChI=1S/C12H17NO3/c1-4-16-11-7-9(8(2)12(13)14)5-6-10(11)15-3/h5-8H,4H2,1-3H3,(H2,13,14). The zero-order valence-corrected chi connectivity index (χ0v) is 9.82. The van der Waals surface area contributed by atoms with Crippen LogP contribution in [0.4, 0.5) is 0 Å². The first-order valence-electron chi connectivity index (χ1n) is 5.20. The van der Waals surface area contributed by atoms with Gasteiger partial charge in [-0.05, 0) is 31.5 Å². The molecule has 0 saturated heterocycles. The largest absolute Gasteiger partial charge is 0.493 e. The van der Waals surface area contributed by atoms with Gasteiger partial charge in [-0.2, -0.15) is 0 Å². The number of ether oxygens (including phenoxy) is 2. The highest BCUT2D eigenvalue weighted by molar-refractivity contribution is 5.81. The van der Waals surface area contributed by atoms with Crippen molar-refractivity contribution in [1.82, 2.24) is 0 Å². The number of rotatable bonds is 5. The number of carbonyl (C=O) groups excluding carboxylic acids is 1. The molecule has 1 rings (SSSR count). The minimum absolute atomic E-state index is 0.329. The van der Waals surface area contributed by atoms with Crippen LogP contribution in [0.25, 0.3) is 0 Å². The molecule has 0 aromatic heterocycles. The van der Waals surface area contributed by atoms with E-state index in [0.29, 0.717) is 18.1 Å². The third-order valence-electron chi connectivity index (χ3n) is 2.41. The van der Waals surface area contributed by atoms with Crippen molar-refractivity contribution in [2.45, 2.75) is 19.8 Å². The summed E-state index contributed by atoms with van der Waals surface area (Å²) in [5, 5.41) is 0. The van der Waals surface area contributed by atoms with E-state index in [9.17, 15) is 4.79 Å². The van der Waals surface area contributed by atoms with Crippen molar-refractivity contribution in [3.8, 4) is 11.5 Å². The molecular formula is C12H17NO3. The molecule has 0 heterocycles. The second-order valence-corrected chi connectivity index (χ2v) is 3.47. The summed E-state index contributed by atoms with van der Waals surface area (Å²) < 4.78 is 10.6. The van der Waals surface area contributed by atoms with Gasteiger partial charge in [0.15, 0.2) is 11.5 Å². The van der Waals surface area contributed by atoms with Crippen molar-refractivity contribution in [2.24, 2.45) is 5.73 Å². The Labute approximate surface area is 95.3 Å². The predicted octanol–water partition coefficient (Wildman–Crippen LogP) is 1.68. The summed E-state index contributed by atoms with van der Waals surface area (Å²) in [6.45, 7) is 4.20. The van der Waals surface area contributed by atoms with E-state index in [0.717, 1.165) is 5.56 Å². The number of methoxy groups -OCH3 is 1. The Morgan fingerprint density at radius 1 is 1.44 bits per heavy atom. The maximum absolute atomic E-state index is 11.1. The first-order chi connectivity index (χ1) is 7.60. The van der Waals surface area contributed by atoms with Crippen LogP contribution in [0.5, 0.6) is 11.5 Å². The highest BCUT2D eigenvalue weighted by atomic mass is 16.5. The average Bonchev–Trinajstić information content (AvgIpc) is 2.28. The van der Waals surface area contributed by atoms with Gasteiger partial charge in [-0.1, -0.05) is 6.07 Å². The van der Waals surface area contributed by atoms with Crippen molar-refractivity contribution >= 4 is 5.91 Å². The average molecular weight is 223 g/mol. The molecule has 4 nitrogen and oxygen atoms in total. The van der Waals surface area contributed by atoms with E-state index in [4.69, 9.17) is 15.2 Å². The Bertz CT molecular complexity index is 377. The Hall–Kier alpha value is -1.71. The molecule has 0 spiro atoms. The number of carbonyl (C=O) groups is 1. The molecule has 0 radical (unpaired) electrons. The molecule has 0 aliphatic rings. The van der Waals surface area contributed by atoms with Crippen LogP contribution in [-0.2, 0) is 4.79 Å². The van der Waals surface area contributed by atoms with Crippen LogP contribution in [-0.4, -0.2) is 19.6 Å². The lowest BCUT2D eigenvalue weighted by atomic mass is 10.0. The Morgan fingerprint density at radius 2 is 2.12 bits per heavy atom. The number of hydrogen-bond donors (Lipinski definition) is 1. The maximum atomic E-state index is 11.1. The minimum Gasteiger partial charge on any atom is -0.493 e. The Morgan fingerprint density at radius 3 is 2.62 bits per heavy atom. The van der Waals surface area contributed by atoms with E-state index >= 15 is 0 Å². The predicted molar refractivity (Wildman–Crippen MR) is 61.8 cm³/mol. The van der Waals surface area contributed by atoms with Gasteiger partial charge in [-0.25, -0.2) is 0 Å². The van der Waals surface area contributed by atoms with Gasteiger partial charge >= 0.3 is 0 Å². The third-order valence-corrected chi connectivity index (χ3v) is 2.41. The molecule has 2 N–H and O–H groups in total. The number of benzene rings is 1. The fourth-order valence-electron chi connectivity index (χ4n) is 1.40. The molecule has 1 aromatic rings. The third kappa shape index (κ3) is 2.66. The fourth-order valence-corrected chi connectivity index (χ4v) is 1.40. The van der Waals surface area contributed by atoms with Gasteiger partial charge in [0, 0.05) is 0 Å². The van der Waals surface area contributed by atoms with Gasteiger partial charge in [0.2, 0.25) is 5.91 Å². The van der Waals surface area contributed by atoms with Crippen LogP contribution in [0, 0.1) is 0 Å². The summed E-state index contributed by atoms with van der Waals surface area (Å²) in [6, 6.07) is 5.38. The number of primary amides is 1. The molecule has 16 heavy (non-hydrogen) atoms. The Kier molecular flexibility index (Phi) is 4.17. The molecule has 1 aromatic carbocycles. The molecule has 0 aliphatic carbocycles. The quantitative estimate of drug-likeness (QED) is 0.826. The summed E-state index contributed by atoms with van der Waals surface area (Å²) in [5.41, 5.74) is 6.08. The molecule has 0 saturated carbocycles. The van der Waals surface area contributed by atoms with E-state index in [1.807, 2.05) is 13.0 Å². The van der Waals surface area contributed by atoms with E-state index in [-0.39, 0.29) is 11.8 Å². The number of hydrogen-bond acceptors (Lipinski definition) is 3. The molecule has 88 valence electrons. The van der Waals surface area contributed by atoms with Crippen molar-refractivity contribution < 1.29 is 14.3 Å². The molecule has 4 heteroatoms. The second kappa shape index (κ2) is 5.39. The Balaban J connectivity index is 3.05. The van der Waals surface area contributed by atoms with E-state index < -0.39 is 0 Å². The van der Waals surface area contributed by atoms with Gasteiger partial charge in [0.25, 0.3) is 0 Å². The maximum Gasteiger partial charge on any atom is 0.224 e. The molecule has 0 fully saturated rings. The molecule has 1 unspecified atom stereocenters. The zero-order chi connectivity index (χ0) is 12.1. The lowest BCUT2D eigenvalue weighted by molar-refractivity contribution is -0.119. The van der Waals surface area contributed by atoms with Gasteiger partial charge in [-0.3, -0.25) is 4.79 Å². The van der Waals surface area contributed by atoms with Crippen LogP contribution in [0.15, 0.2) is 18.2 Å². The highest BCUT2D eigenvalue weighted by Gasteiger charge is 2.14. The minimum atomic E-state index is -0.354. The smallest absolute Gasteiger partial charge is 0.224 e. The normalized spacial score (nSPS) is 11.9. The lowest BCUT2D eigenvalue weighted by Gasteiger charge is -2.13. The van der Waals surface area contributed by atoms with Gasteiger partial charge in [0.1, 0.15) is 0 Å². The van der Waals surface area contributed by atoms with E-state index in [2.05, 4.69) is 0 Å². The van der Waals surface area contributed by atoms with Crippen LogP contribution in [0.3, 0.4) is 0 Å². The van der Waals surface area contributed by atoms with Crippen molar-refractivity contribution in [3.05, 3.63) is 23.8 Å². The summed E-state index contributed by atoms with van der Waals surface area (Å²) in [6.07, 6.45) is 0. The topological polar surface area (TPSA) is 61.5 Å². The van der Waals surface area contributed by atoms with Gasteiger partial charge in [0.05, 0.1) is 19.6 Å². The lowest BCUT2D eigenvalue weighted by Crippen LogP contribution is -2.18. The van der Waals surface area contributed by atoms with Crippen molar-refractivity contribution in [2.75, 3.05) is 13.7 Å². The first-order valence-corrected chi connectivity index (χ1v) is 5.20. The molecule has 1 amide bonds. The molecule has 0 bridgehead atoms. The molecule has 1 atom stereocenters. The summed E-state index contributed by atoms with van der Waals surface area (Å²) in [5.74, 6) is 0.607. The summed E-state index contributed by atoms with van der Waals surface area (Å²) in [4.78, 5) is 11.1. The SMILES string of the molecule is CCOc1cc(C(C)C(N)=O)ccc1OC.